The fourth-order valence-electron chi connectivity index (χ4n) is 2.81. The van der Waals surface area contributed by atoms with Crippen molar-refractivity contribution < 1.29 is 14.3 Å². The summed E-state index contributed by atoms with van der Waals surface area (Å²) < 4.78 is 5.60. The van der Waals surface area contributed by atoms with E-state index in [0.29, 0.717) is 37.4 Å². The van der Waals surface area contributed by atoms with Crippen LogP contribution in [0.5, 0.6) is 5.75 Å². The highest BCUT2D eigenvalue weighted by molar-refractivity contribution is 5.95. The summed E-state index contributed by atoms with van der Waals surface area (Å²) in [5.74, 6) is 0.559. The molecule has 1 aliphatic heterocycles. The van der Waals surface area contributed by atoms with Crippen molar-refractivity contribution in [3.63, 3.8) is 0 Å². The van der Waals surface area contributed by atoms with Crippen molar-refractivity contribution in [3.05, 3.63) is 54.1 Å². The summed E-state index contributed by atoms with van der Waals surface area (Å²) in [5, 5.41) is 0. The lowest BCUT2D eigenvalue weighted by atomic mass is 10.1. The normalized spacial score (nSPS) is 14.4. The van der Waals surface area contributed by atoms with Gasteiger partial charge in [0.1, 0.15) is 11.4 Å². The Bertz CT molecular complexity index is 754. The van der Waals surface area contributed by atoms with Crippen molar-refractivity contribution in [2.45, 2.75) is 20.0 Å². The van der Waals surface area contributed by atoms with Gasteiger partial charge in [-0.15, -0.1) is 0 Å². The van der Waals surface area contributed by atoms with E-state index >= 15 is 0 Å². The van der Waals surface area contributed by atoms with Gasteiger partial charge in [0, 0.05) is 44.1 Å². The molecule has 0 spiro atoms. The summed E-state index contributed by atoms with van der Waals surface area (Å²) in [4.78, 5) is 36.4. The zero-order valence-electron chi connectivity index (χ0n) is 15.0. The summed E-state index contributed by atoms with van der Waals surface area (Å²) >= 11 is 0. The summed E-state index contributed by atoms with van der Waals surface area (Å²) in [6.45, 7) is 5.87. The Kier molecular flexibility index (Phi) is 5.46. The molecule has 7 heteroatoms. The Morgan fingerprint density at radius 2 is 1.58 bits per heavy atom. The number of ether oxygens (including phenoxy) is 1. The average Bonchev–Trinajstić information content (AvgIpc) is 2.68. The largest absolute Gasteiger partial charge is 0.491 e. The monoisotopic (exact) mass is 354 g/mol. The van der Waals surface area contributed by atoms with E-state index in [4.69, 9.17) is 4.74 Å². The van der Waals surface area contributed by atoms with Gasteiger partial charge < -0.3 is 14.5 Å². The third-order valence-corrected chi connectivity index (χ3v) is 4.11. The third kappa shape index (κ3) is 4.17. The van der Waals surface area contributed by atoms with Crippen LogP contribution in [0.1, 0.15) is 34.7 Å². The first-order valence-electron chi connectivity index (χ1n) is 8.66. The molecular formula is C19H22N4O3. The SMILES string of the molecule is CC(C)Oc1ccc(C(=O)N2CCN(C(=O)c3cnccn3)CC2)cc1. The molecular weight excluding hydrogens is 332 g/mol. The van der Waals surface area contributed by atoms with E-state index in [0.717, 1.165) is 5.75 Å². The Balaban J connectivity index is 1.57. The van der Waals surface area contributed by atoms with Crippen LogP contribution in [-0.2, 0) is 0 Å². The maximum absolute atomic E-state index is 12.6. The highest BCUT2D eigenvalue weighted by atomic mass is 16.5. The Labute approximate surface area is 152 Å². The Morgan fingerprint density at radius 3 is 2.12 bits per heavy atom. The molecule has 1 saturated heterocycles. The number of amides is 2. The smallest absolute Gasteiger partial charge is 0.274 e. The van der Waals surface area contributed by atoms with E-state index in [1.807, 2.05) is 13.8 Å². The molecule has 2 aromatic rings. The topological polar surface area (TPSA) is 75.6 Å². The quantitative estimate of drug-likeness (QED) is 0.838. The molecule has 1 fully saturated rings. The fraction of sp³-hybridized carbons (Fsp3) is 0.368. The van der Waals surface area contributed by atoms with Crippen molar-refractivity contribution in [2.24, 2.45) is 0 Å². The average molecular weight is 354 g/mol. The fourth-order valence-corrected chi connectivity index (χ4v) is 2.81. The first kappa shape index (κ1) is 17.8. The van der Waals surface area contributed by atoms with Gasteiger partial charge in [-0.1, -0.05) is 0 Å². The number of benzene rings is 1. The van der Waals surface area contributed by atoms with Crippen LogP contribution in [0.2, 0.25) is 0 Å². The molecule has 0 radical (unpaired) electrons. The maximum Gasteiger partial charge on any atom is 0.274 e. The van der Waals surface area contributed by atoms with Gasteiger partial charge in [-0.05, 0) is 38.1 Å². The van der Waals surface area contributed by atoms with Crippen LogP contribution in [0.15, 0.2) is 42.9 Å². The third-order valence-electron chi connectivity index (χ3n) is 4.11. The number of aromatic nitrogens is 2. The first-order valence-corrected chi connectivity index (χ1v) is 8.66. The molecule has 0 unspecified atom stereocenters. The number of hydrogen-bond acceptors (Lipinski definition) is 5. The van der Waals surface area contributed by atoms with Crippen LogP contribution in [0.25, 0.3) is 0 Å². The molecule has 2 heterocycles. The van der Waals surface area contributed by atoms with Gasteiger partial charge in [0.15, 0.2) is 0 Å². The van der Waals surface area contributed by atoms with Crippen LogP contribution in [-0.4, -0.2) is 63.9 Å². The summed E-state index contributed by atoms with van der Waals surface area (Å²) in [6.07, 6.45) is 4.59. The lowest BCUT2D eigenvalue weighted by molar-refractivity contribution is 0.0532. The summed E-state index contributed by atoms with van der Waals surface area (Å²) in [7, 11) is 0. The Hall–Kier alpha value is -2.96. The van der Waals surface area contributed by atoms with E-state index in [9.17, 15) is 9.59 Å². The highest BCUT2D eigenvalue weighted by Crippen LogP contribution is 2.16. The van der Waals surface area contributed by atoms with E-state index in [-0.39, 0.29) is 17.9 Å². The number of carbonyl (C=O) groups is 2. The van der Waals surface area contributed by atoms with Gasteiger partial charge in [0.2, 0.25) is 0 Å². The zero-order valence-corrected chi connectivity index (χ0v) is 15.0. The molecule has 26 heavy (non-hydrogen) atoms. The van der Waals surface area contributed by atoms with E-state index in [1.165, 1.54) is 18.6 Å². The van der Waals surface area contributed by atoms with Crippen LogP contribution in [0.4, 0.5) is 0 Å². The minimum atomic E-state index is -0.152. The van der Waals surface area contributed by atoms with Gasteiger partial charge >= 0.3 is 0 Å². The summed E-state index contributed by atoms with van der Waals surface area (Å²) in [6, 6.07) is 7.16. The van der Waals surface area contributed by atoms with Gasteiger partial charge in [0.25, 0.3) is 11.8 Å². The van der Waals surface area contributed by atoms with E-state index in [1.54, 1.807) is 34.1 Å². The second kappa shape index (κ2) is 7.95. The van der Waals surface area contributed by atoms with Gasteiger partial charge in [-0.2, -0.15) is 0 Å². The molecule has 7 nitrogen and oxygen atoms in total. The van der Waals surface area contributed by atoms with Crippen LogP contribution < -0.4 is 4.74 Å². The molecule has 1 aromatic heterocycles. The van der Waals surface area contributed by atoms with Crippen LogP contribution in [0.3, 0.4) is 0 Å². The van der Waals surface area contributed by atoms with Crippen molar-refractivity contribution in [2.75, 3.05) is 26.2 Å². The van der Waals surface area contributed by atoms with Crippen molar-refractivity contribution >= 4 is 11.8 Å². The van der Waals surface area contributed by atoms with Crippen molar-refractivity contribution in [1.82, 2.24) is 19.8 Å². The Morgan fingerprint density at radius 1 is 0.962 bits per heavy atom. The summed E-state index contributed by atoms with van der Waals surface area (Å²) in [5.41, 5.74) is 0.947. The number of carbonyl (C=O) groups excluding carboxylic acids is 2. The lowest BCUT2D eigenvalue weighted by Crippen LogP contribution is -2.50. The van der Waals surface area contributed by atoms with Crippen LogP contribution >= 0.6 is 0 Å². The number of nitrogens with zero attached hydrogens (tertiary/aromatic N) is 4. The van der Waals surface area contributed by atoms with Crippen LogP contribution in [0, 0.1) is 0 Å². The predicted octanol–water partition coefficient (Wildman–Crippen LogP) is 1.86. The predicted molar refractivity (Wildman–Crippen MR) is 96.0 cm³/mol. The maximum atomic E-state index is 12.6. The standard InChI is InChI=1S/C19H22N4O3/c1-14(2)26-16-5-3-15(4-6-16)18(24)22-9-11-23(12-10-22)19(25)17-13-20-7-8-21-17/h3-8,13-14H,9-12H2,1-2H3. The first-order chi connectivity index (χ1) is 12.5. The molecule has 1 aliphatic rings. The minimum Gasteiger partial charge on any atom is -0.491 e. The molecule has 1 aromatic carbocycles. The van der Waals surface area contributed by atoms with Gasteiger partial charge in [-0.25, -0.2) is 4.98 Å². The van der Waals surface area contributed by atoms with Crippen molar-refractivity contribution in [3.8, 4) is 5.75 Å². The number of piperazine rings is 1. The van der Waals surface area contributed by atoms with E-state index in [2.05, 4.69) is 9.97 Å². The number of rotatable bonds is 4. The molecule has 3 rings (SSSR count). The van der Waals surface area contributed by atoms with Gasteiger partial charge in [0.05, 0.1) is 12.3 Å². The molecule has 0 N–H and O–H groups in total. The molecule has 0 atom stereocenters. The molecule has 0 saturated carbocycles. The van der Waals surface area contributed by atoms with E-state index < -0.39 is 0 Å². The molecule has 2 amide bonds. The molecule has 0 aliphatic carbocycles. The second-order valence-corrected chi connectivity index (χ2v) is 6.37. The van der Waals surface area contributed by atoms with Crippen molar-refractivity contribution in [1.29, 1.82) is 0 Å². The van der Waals surface area contributed by atoms with Gasteiger partial charge in [-0.3, -0.25) is 14.6 Å². The zero-order chi connectivity index (χ0) is 18.5. The lowest BCUT2D eigenvalue weighted by Gasteiger charge is -2.34. The number of hydrogen-bond donors (Lipinski definition) is 0. The molecule has 0 bridgehead atoms. The molecule has 136 valence electrons. The minimum absolute atomic E-state index is 0.0345. The second-order valence-electron chi connectivity index (χ2n) is 6.37. The highest BCUT2D eigenvalue weighted by Gasteiger charge is 2.26.